The van der Waals surface area contributed by atoms with Crippen LogP contribution in [0.25, 0.3) is 0 Å². The van der Waals surface area contributed by atoms with Gasteiger partial charge in [0.1, 0.15) is 4.90 Å². The quantitative estimate of drug-likeness (QED) is 0.890. The van der Waals surface area contributed by atoms with Gasteiger partial charge >= 0.3 is 0 Å². The van der Waals surface area contributed by atoms with Crippen LogP contribution in [-0.2, 0) is 10.0 Å². The van der Waals surface area contributed by atoms with Crippen LogP contribution in [0.4, 0.5) is 0 Å². The zero-order valence-corrected chi connectivity index (χ0v) is 12.3. The van der Waals surface area contributed by atoms with Gasteiger partial charge in [0.05, 0.1) is 22.8 Å². The number of nitrogens with zero attached hydrogens (tertiary/aromatic N) is 1. The molecule has 1 fully saturated rings. The van der Waals surface area contributed by atoms with Crippen LogP contribution >= 0.6 is 11.6 Å². The van der Waals surface area contributed by atoms with E-state index in [0.29, 0.717) is 25.7 Å². The van der Waals surface area contributed by atoms with Crippen molar-refractivity contribution in [3.05, 3.63) is 28.8 Å². The second kappa shape index (κ2) is 6.10. The van der Waals surface area contributed by atoms with E-state index in [1.807, 2.05) is 6.07 Å². The molecule has 2 N–H and O–H groups in total. The summed E-state index contributed by atoms with van der Waals surface area (Å²) >= 11 is 5.91. The van der Waals surface area contributed by atoms with Crippen LogP contribution in [0.3, 0.4) is 0 Å². The fourth-order valence-electron chi connectivity index (χ4n) is 2.26. The van der Waals surface area contributed by atoms with Crippen molar-refractivity contribution in [3.8, 4) is 6.07 Å². The van der Waals surface area contributed by atoms with E-state index >= 15 is 0 Å². The molecule has 0 unspecified atom stereocenters. The summed E-state index contributed by atoms with van der Waals surface area (Å²) in [5.74, 6) is 0. The lowest BCUT2D eigenvalue weighted by molar-refractivity contribution is 0.120. The first-order valence-electron chi connectivity index (χ1n) is 6.32. The molecule has 1 saturated carbocycles. The molecule has 108 valence electrons. The molecule has 0 aromatic heterocycles. The lowest BCUT2D eigenvalue weighted by atomic mass is 9.94. The third-order valence-electron chi connectivity index (χ3n) is 3.37. The predicted molar refractivity (Wildman–Crippen MR) is 74.8 cm³/mol. The first-order chi connectivity index (χ1) is 9.42. The van der Waals surface area contributed by atoms with E-state index < -0.39 is 10.0 Å². The van der Waals surface area contributed by atoms with Gasteiger partial charge in [-0.15, -0.1) is 0 Å². The fourth-order valence-corrected chi connectivity index (χ4v) is 4.09. The molecule has 0 spiro atoms. The van der Waals surface area contributed by atoms with E-state index in [9.17, 15) is 13.5 Å². The Morgan fingerprint density at radius 2 is 1.95 bits per heavy atom. The highest BCUT2D eigenvalue weighted by Gasteiger charge is 2.26. The molecular formula is C13H15ClN2O3S. The van der Waals surface area contributed by atoms with Crippen molar-refractivity contribution >= 4 is 21.6 Å². The molecule has 0 amide bonds. The number of aliphatic hydroxyl groups excluding tert-OH is 1. The molecule has 7 heteroatoms. The normalized spacial score (nSPS) is 23.2. The van der Waals surface area contributed by atoms with Gasteiger partial charge in [0.2, 0.25) is 10.0 Å². The Balaban J connectivity index is 2.20. The summed E-state index contributed by atoms with van der Waals surface area (Å²) in [6.07, 6.45) is 2.01. The van der Waals surface area contributed by atoms with Crippen LogP contribution in [0.15, 0.2) is 23.1 Å². The molecule has 0 atom stereocenters. The number of benzene rings is 1. The van der Waals surface area contributed by atoms with E-state index in [2.05, 4.69) is 4.72 Å². The van der Waals surface area contributed by atoms with Crippen LogP contribution in [0.5, 0.6) is 0 Å². The number of rotatable bonds is 3. The number of nitrogens with one attached hydrogen (secondary N) is 1. The minimum Gasteiger partial charge on any atom is -0.393 e. The number of halogens is 1. The Morgan fingerprint density at radius 1 is 1.30 bits per heavy atom. The first kappa shape index (κ1) is 15.3. The number of nitriles is 1. The molecule has 0 radical (unpaired) electrons. The minimum absolute atomic E-state index is 0.0793. The molecule has 0 heterocycles. The second-order valence-corrected chi connectivity index (χ2v) is 6.97. The molecular weight excluding hydrogens is 300 g/mol. The summed E-state index contributed by atoms with van der Waals surface area (Å²) in [5, 5.41) is 18.3. The summed E-state index contributed by atoms with van der Waals surface area (Å²) in [6, 6.07) is 5.83. The fraction of sp³-hybridized carbons (Fsp3) is 0.462. The zero-order valence-electron chi connectivity index (χ0n) is 10.7. The number of sulfonamides is 1. The molecule has 1 aliphatic rings. The van der Waals surface area contributed by atoms with Gasteiger partial charge in [0, 0.05) is 6.04 Å². The van der Waals surface area contributed by atoms with Crippen LogP contribution in [0, 0.1) is 11.3 Å². The van der Waals surface area contributed by atoms with E-state index in [1.165, 1.54) is 18.2 Å². The highest BCUT2D eigenvalue weighted by molar-refractivity contribution is 7.89. The highest BCUT2D eigenvalue weighted by atomic mass is 35.5. The van der Waals surface area contributed by atoms with Gasteiger partial charge in [0.15, 0.2) is 0 Å². The molecule has 2 rings (SSSR count). The van der Waals surface area contributed by atoms with E-state index in [-0.39, 0.29) is 27.6 Å². The topological polar surface area (TPSA) is 90.2 Å². The largest absolute Gasteiger partial charge is 0.393 e. The summed E-state index contributed by atoms with van der Waals surface area (Å²) in [7, 11) is -3.76. The van der Waals surface area contributed by atoms with Gasteiger partial charge in [-0.1, -0.05) is 11.6 Å². The number of hydrogen-bond donors (Lipinski definition) is 2. The van der Waals surface area contributed by atoms with E-state index in [1.54, 1.807) is 0 Å². The van der Waals surface area contributed by atoms with Crippen molar-refractivity contribution in [1.82, 2.24) is 4.72 Å². The van der Waals surface area contributed by atoms with Gasteiger partial charge in [-0.3, -0.25) is 0 Å². The monoisotopic (exact) mass is 314 g/mol. The number of hydrogen-bond acceptors (Lipinski definition) is 4. The van der Waals surface area contributed by atoms with Crippen molar-refractivity contribution in [2.75, 3.05) is 0 Å². The summed E-state index contributed by atoms with van der Waals surface area (Å²) in [4.78, 5) is -0.0793. The van der Waals surface area contributed by atoms with Crippen molar-refractivity contribution in [2.45, 2.75) is 42.7 Å². The van der Waals surface area contributed by atoms with Crippen molar-refractivity contribution in [1.29, 1.82) is 5.26 Å². The average Bonchev–Trinajstić information content (AvgIpc) is 2.41. The van der Waals surface area contributed by atoms with E-state index in [0.717, 1.165) is 0 Å². The van der Waals surface area contributed by atoms with Gasteiger partial charge in [0.25, 0.3) is 0 Å². The molecule has 0 saturated heterocycles. The van der Waals surface area contributed by atoms with Gasteiger partial charge < -0.3 is 5.11 Å². The molecule has 5 nitrogen and oxygen atoms in total. The van der Waals surface area contributed by atoms with Gasteiger partial charge in [-0.05, 0) is 43.9 Å². The van der Waals surface area contributed by atoms with Crippen molar-refractivity contribution in [2.24, 2.45) is 0 Å². The zero-order chi connectivity index (χ0) is 14.8. The van der Waals surface area contributed by atoms with Crippen molar-refractivity contribution < 1.29 is 13.5 Å². The lowest BCUT2D eigenvalue weighted by Crippen LogP contribution is -2.38. The summed E-state index contributed by atoms with van der Waals surface area (Å²) in [6.45, 7) is 0. The SMILES string of the molecule is N#Cc1ccc(Cl)c(S(=O)(=O)NC2CCC(O)CC2)c1. The van der Waals surface area contributed by atoms with Gasteiger partial charge in [-0.2, -0.15) is 5.26 Å². The molecule has 20 heavy (non-hydrogen) atoms. The molecule has 0 aliphatic heterocycles. The first-order valence-corrected chi connectivity index (χ1v) is 8.18. The van der Waals surface area contributed by atoms with Crippen LogP contribution in [0.1, 0.15) is 31.2 Å². The minimum atomic E-state index is -3.76. The molecule has 1 aromatic carbocycles. The van der Waals surface area contributed by atoms with Crippen LogP contribution < -0.4 is 4.72 Å². The average molecular weight is 315 g/mol. The summed E-state index contributed by atoms with van der Waals surface area (Å²) < 4.78 is 27.2. The smallest absolute Gasteiger partial charge is 0.242 e. The Hall–Kier alpha value is -1.13. The Bertz CT molecular complexity index is 632. The molecule has 0 bridgehead atoms. The maximum absolute atomic E-state index is 12.3. The number of aliphatic hydroxyl groups is 1. The van der Waals surface area contributed by atoms with Crippen LogP contribution in [-0.4, -0.2) is 25.7 Å². The predicted octanol–water partition coefficient (Wildman–Crippen LogP) is 1.79. The standard InChI is InChI=1S/C13H15ClN2O3S/c14-12-6-1-9(8-15)7-13(12)20(18,19)16-10-2-4-11(17)5-3-10/h1,6-7,10-11,16-17H,2-5H2. The summed E-state index contributed by atoms with van der Waals surface area (Å²) in [5.41, 5.74) is 0.244. The van der Waals surface area contributed by atoms with E-state index in [4.69, 9.17) is 16.9 Å². The maximum Gasteiger partial charge on any atom is 0.242 e. The molecule has 1 aliphatic carbocycles. The maximum atomic E-state index is 12.3. The Labute approximate surface area is 123 Å². The highest BCUT2D eigenvalue weighted by Crippen LogP contribution is 2.25. The third kappa shape index (κ3) is 3.49. The van der Waals surface area contributed by atoms with Crippen LogP contribution in [0.2, 0.25) is 5.02 Å². The van der Waals surface area contributed by atoms with Gasteiger partial charge in [-0.25, -0.2) is 13.1 Å². The Morgan fingerprint density at radius 3 is 2.55 bits per heavy atom. The van der Waals surface area contributed by atoms with Crippen molar-refractivity contribution in [3.63, 3.8) is 0 Å². The second-order valence-electron chi connectivity index (χ2n) is 4.88. The Kier molecular flexibility index (Phi) is 4.66. The molecule has 1 aromatic rings. The lowest BCUT2D eigenvalue weighted by Gasteiger charge is -2.26. The third-order valence-corrected chi connectivity index (χ3v) is 5.37.